The summed E-state index contributed by atoms with van der Waals surface area (Å²) in [5, 5.41) is 13.2. The lowest BCUT2D eigenvalue weighted by atomic mass is 9.90. The molecule has 1 aliphatic heterocycles. The number of halogens is 1. The standard InChI is InChI=1S/C17H22N6O2.HI/c1-11-21-16(25-23-11)7-8-19-17(18-2)20-10-12-9-15(24)22-14-6-4-3-5-13(12)14;/h3-6,12H,7-10H2,1-2H3,(H,22,24)(H2,18,19,20);1H. The molecule has 3 rings (SSSR count). The Morgan fingerprint density at radius 2 is 2.19 bits per heavy atom. The number of anilines is 1. The smallest absolute Gasteiger partial charge is 0.228 e. The van der Waals surface area contributed by atoms with Gasteiger partial charge in [0, 0.05) is 44.6 Å². The van der Waals surface area contributed by atoms with Crippen molar-refractivity contribution in [3.8, 4) is 0 Å². The van der Waals surface area contributed by atoms with E-state index in [1.54, 1.807) is 14.0 Å². The van der Waals surface area contributed by atoms with E-state index in [4.69, 9.17) is 4.52 Å². The van der Waals surface area contributed by atoms with Gasteiger partial charge in [-0.15, -0.1) is 24.0 Å². The summed E-state index contributed by atoms with van der Waals surface area (Å²) < 4.78 is 5.08. The number of aromatic nitrogens is 2. The Kier molecular flexibility index (Phi) is 7.37. The quantitative estimate of drug-likeness (QED) is 0.350. The number of aliphatic imine (C=N–C) groups is 1. The van der Waals surface area contributed by atoms with Crippen LogP contribution in [0.25, 0.3) is 0 Å². The predicted molar refractivity (Wildman–Crippen MR) is 110 cm³/mol. The Balaban J connectivity index is 0.00000243. The molecule has 140 valence electrons. The molecule has 0 saturated carbocycles. The molecule has 0 spiro atoms. The summed E-state index contributed by atoms with van der Waals surface area (Å²) in [6, 6.07) is 7.89. The second kappa shape index (κ2) is 9.51. The zero-order valence-electron chi connectivity index (χ0n) is 14.8. The summed E-state index contributed by atoms with van der Waals surface area (Å²) >= 11 is 0. The molecule has 3 N–H and O–H groups in total. The van der Waals surface area contributed by atoms with Crippen LogP contribution in [0.3, 0.4) is 0 Å². The van der Waals surface area contributed by atoms with Crippen LogP contribution in [0.4, 0.5) is 5.69 Å². The van der Waals surface area contributed by atoms with Crippen molar-refractivity contribution in [3.63, 3.8) is 0 Å². The van der Waals surface area contributed by atoms with Crippen molar-refractivity contribution in [2.24, 2.45) is 4.99 Å². The molecule has 1 aromatic carbocycles. The van der Waals surface area contributed by atoms with Gasteiger partial charge in [-0.05, 0) is 18.6 Å². The van der Waals surface area contributed by atoms with Crippen LogP contribution in [0.15, 0.2) is 33.8 Å². The Morgan fingerprint density at radius 1 is 1.38 bits per heavy atom. The van der Waals surface area contributed by atoms with E-state index in [0.29, 0.717) is 43.6 Å². The number of benzene rings is 1. The SMILES string of the molecule is CN=C(NCCc1nc(C)no1)NCC1CC(=O)Nc2ccccc21.I. The molecule has 1 unspecified atom stereocenters. The highest BCUT2D eigenvalue weighted by atomic mass is 127. The summed E-state index contributed by atoms with van der Waals surface area (Å²) in [7, 11) is 1.72. The first-order valence-electron chi connectivity index (χ1n) is 8.28. The molecule has 1 atom stereocenters. The van der Waals surface area contributed by atoms with Crippen LogP contribution in [0.5, 0.6) is 0 Å². The zero-order chi connectivity index (χ0) is 17.6. The topological polar surface area (TPSA) is 104 Å². The average molecular weight is 470 g/mol. The van der Waals surface area contributed by atoms with Gasteiger partial charge in [-0.3, -0.25) is 9.79 Å². The van der Waals surface area contributed by atoms with E-state index in [-0.39, 0.29) is 35.8 Å². The molecule has 1 aromatic heterocycles. The number of nitrogens with one attached hydrogen (secondary N) is 3. The van der Waals surface area contributed by atoms with Gasteiger partial charge < -0.3 is 20.5 Å². The lowest BCUT2D eigenvalue weighted by Gasteiger charge is -2.26. The number of aryl methyl sites for hydroxylation is 1. The molecule has 26 heavy (non-hydrogen) atoms. The van der Waals surface area contributed by atoms with Crippen molar-refractivity contribution in [2.75, 3.05) is 25.5 Å². The maximum atomic E-state index is 11.9. The highest BCUT2D eigenvalue weighted by Gasteiger charge is 2.24. The zero-order valence-corrected chi connectivity index (χ0v) is 17.1. The van der Waals surface area contributed by atoms with E-state index < -0.39 is 0 Å². The van der Waals surface area contributed by atoms with Gasteiger partial charge in [-0.25, -0.2) is 0 Å². The number of guanidine groups is 1. The second-order valence-corrected chi connectivity index (χ2v) is 5.90. The van der Waals surface area contributed by atoms with Crippen LogP contribution >= 0.6 is 24.0 Å². The van der Waals surface area contributed by atoms with E-state index >= 15 is 0 Å². The molecular formula is C17H23IN6O2. The van der Waals surface area contributed by atoms with Crippen molar-refractivity contribution in [1.82, 2.24) is 20.8 Å². The van der Waals surface area contributed by atoms with Crippen LogP contribution in [0.2, 0.25) is 0 Å². The molecule has 8 nitrogen and oxygen atoms in total. The van der Waals surface area contributed by atoms with Crippen LogP contribution in [0.1, 0.15) is 29.6 Å². The van der Waals surface area contributed by atoms with Gasteiger partial charge in [0.25, 0.3) is 0 Å². The summed E-state index contributed by atoms with van der Waals surface area (Å²) in [4.78, 5) is 20.2. The number of amides is 1. The number of hydrogen-bond acceptors (Lipinski definition) is 5. The number of para-hydroxylation sites is 1. The predicted octanol–water partition coefficient (Wildman–Crippen LogP) is 1.83. The molecule has 0 saturated heterocycles. The highest BCUT2D eigenvalue weighted by Crippen LogP contribution is 2.31. The van der Waals surface area contributed by atoms with Crippen molar-refractivity contribution < 1.29 is 9.32 Å². The third kappa shape index (κ3) is 5.16. The molecular weight excluding hydrogens is 447 g/mol. The first-order chi connectivity index (χ1) is 12.2. The number of nitrogens with zero attached hydrogens (tertiary/aromatic N) is 3. The third-order valence-corrected chi connectivity index (χ3v) is 4.05. The Morgan fingerprint density at radius 3 is 2.92 bits per heavy atom. The third-order valence-electron chi connectivity index (χ3n) is 4.05. The maximum absolute atomic E-state index is 11.9. The van der Waals surface area contributed by atoms with Gasteiger partial charge in [0.1, 0.15) is 0 Å². The molecule has 2 aromatic rings. The van der Waals surface area contributed by atoms with Crippen LogP contribution in [0, 0.1) is 6.92 Å². The molecule has 1 amide bonds. The molecule has 0 radical (unpaired) electrons. The van der Waals surface area contributed by atoms with Gasteiger partial charge in [0.15, 0.2) is 11.8 Å². The van der Waals surface area contributed by atoms with E-state index in [1.165, 1.54) is 0 Å². The summed E-state index contributed by atoms with van der Waals surface area (Å²) in [6.45, 7) is 3.05. The molecule has 0 aliphatic carbocycles. The maximum Gasteiger partial charge on any atom is 0.228 e. The minimum atomic E-state index is 0. The fourth-order valence-corrected chi connectivity index (χ4v) is 2.85. The summed E-state index contributed by atoms with van der Waals surface area (Å²) in [5.74, 6) is 2.06. The van der Waals surface area contributed by atoms with Crippen molar-refractivity contribution in [1.29, 1.82) is 0 Å². The lowest BCUT2D eigenvalue weighted by molar-refractivity contribution is -0.116. The van der Waals surface area contributed by atoms with E-state index in [0.717, 1.165) is 11.3 Å². The summed E-state index contributed by atoms with van der Waals surface area (Å²) in [5.41, 5.74) is 2.03. The number of carbonyl (C=O) groups is 1. The number of rotatable bonds is 5. The lowest BCUT2D eigenvalue weighted by Crippen LogP contribution is -2.41. The van der Waals surface area contributed by atoms with Gasteiger partial charge in [-0.1, -0.05) is 23.4 Å². The van der Waals surface area contributed by atoms with Crippen LogP contribution < -0.4 is 16.0 Å². The van der Waals surface area contributed by atoms with Crippen LogP contribution in [-0.4, -0.2) is 42.1 Å². The van der Waals surface area contributed by atoms with Crippen molar-refractivity contribution in [3.05, 3.63) is 41.5 Å². The van der Waals surface area contributed by atoms with Gasteiger partial charge in [-0.2, -0.15) is 4.98 Å². The monoisotopic (exact) mass is 470 g/mol. The van der Waals surface area contributed by atoms with E-state index in [2.05, 4.69) is 37.1 Å². The number of hydrogen-bond donors (Lipinski definition) is 3. The molecule has 1 aliphatic rings. The van der Waals surface area contributed by atoms with Gasteiger partial charge in [0.05, 0.1) is 0 Å². The average Bonchev–Trinajstić information content (AvgIpc) is 3.02. The van der Waals surface area contributed by atoms with E-state index in [1.807, 2.05) is 18.2 Å². The Labute approximate surface area is 169 Å². The molecule has 0 bridgehead atoms. The first kappa shape index (κ1) is 20.1. The van der Waals surface area contributed by atoms with Crippen LogP contribution in [-0.2, 0) is 11.2 Å². The normalized spacial score (nSPS) is 16.3. The van der Waals surface area contributed by atoms with Gasteiger partial charge >= 0.3 is 0 Å². The van der Waals surface area contributed by atoms with Crippen molar-refractivity contribution >= 4 is 41.5 Å². The Hall–Kier alpha value is -2.17. The number of fused-ring (bicyclic) bond motifs is 1. The van der Waals surface area contributed by atoms with Gasteiger partial charge in [0.2, 0.25) is 11.8 Å². The molecule has 9 heteroatoms. The fourth-order valence-electron chi connectivity index (χ4n) is 2.85. The first-order valence-corrected chi connectivity index (χ1v) is 8.28. The Bertz CT molecular complexity index is 776. The minimum Gasteiger partial charge on any atom is -0.356 e. The highest BCUT2D eigenvalue weighted by molar-refractivity contribution is 14.0. The fraction of sp³-hybridized carbons (Fsp3) is 0.412. The van der Waals surface area contributed by atoms with E-state index in [9.17, 15) is 4.79 Å². The second-order valence-electron chi connectivity index (χ2n) is 5.90. The minimum absolute atomic E-state index is 0. The molecule has 2 heterocycles. The largest absolute Gasteiger partial charge is 0.356 e. The molecule has 0 fully saturated rings. The number of carbonyl (C=O) groups excluding carboxylic acids is 1. The summed E-state index contributed by atoms with van der Waals surface area (Å²) in [6.07, 6.45) is 1.08. The van der Waals surface area contributed by atoms with Crippen molar-refractivity contribution in [2.45, 2.75) is 25.7 Å².